The molecule has 1 aromatic heterocycles. The summed E-state index contributed by atoms with van der Waals surface area (Å²) in [7, 11) is 0. The Hall–Kier alpha value is -3.96. The van der Waals surface area contributed by atoms with Crippen molar-refractivity contribution in [1.82, 2.24) is 9.55 Å². The van der Waals surface area contributed by atoms with Crippen LogP contribution in [0.5, 0.6) is 0 Å². The van der Waals surface area contributed by atoms with E-state index in [1.807, 2.05) is 32.0 Å². The molecule has 0 saturated carbocycles. The number of nitrogens with zero attached hydrogens (tertiary/aromatic N) is 4. The van der Waals surface area contributed by atoms with Crippen LogP contribution in [0, 0.1) is 31.0 Å². The summed E-state index contributed by atoms with van der Waals surface area (Å²) in [6, 6.07) is 20.4. The summed E-state index contributed by atoms with van der Waals surface area (Å²) in [6.45, 7) is 4.18. The summed E-state index contributed by atoms with van der Waals surface area (Å²) in [4.78, 5) is 33.0. The average Bonchev–Trinajstić information content (AvgIpc) is 2.86. The highest BCUT2D eigenvalue weighted by Gasteiger charge is 2.20. The van der Waals surface area contributed by atoms with Gasteiger partial charge in [-0.1, -0.05) is 36.0 Å². The predicted octanol–water partition coefficient (Wildman–Crippen LogP) is 5.18. The Kier molecular flexibility index (Phi) is 7.28. The second-order valence-corrected chi connectivity index (χ2v) is 8.93. The van der Waals surface area contributed by atoms with Crippen molar-refractivity contribution in [2.45, 2.75) is 25.4 Å². The molecule has 0 aliphatic carbocycles. The number of benzene rings is 3. The minimum atomic E-state index is -0.415. The van der Waals surface area contributed by atoms with Crippen molar-refractivity contribution in [3.8, 4) is 11.8 Å². The van der Waals surface area contributed by atoms with Crippen molar-refractivity contribution in [2.75, 3.05) is 17.2 Å². The first kappa shape index (κ1) is 24.2. The normalized spacial score (nSPS) is 10.8. The van der Waals surface area contributed by atoms with E-state index in [0.29, 0.717) is 21.7 Å². The highest BCUT2D eigenvalue weighted by atomic mass is 32.2. The van der Waals surface area contributed by atoms with E-state index >= 15 is 0 Å². The second kappa shape index (κ2) is 10.5. The number of aromatic nitrogens is 2. The summed E-state index contributed by atoms with van der Waals surface area (Å²) >= 11 is 1.13. The van der Waals surface area contributed by atoms with Crippen LogP contribution in [0.25, 0.3) is 16.6 Å². The summed E-state index contributed by atoms with van der Waals surface area (Å²) in [6.07, 6.45) is 0.193. The maximum Gasteiger partial charge on any atom is 0.266 e. The summed E-state index contributed by atoms with van der Waals surface area (Å²) in [5.74, 6) is -0.612. The number of carbonyl (C=O) groups excluding carboxylic acids is 1. The lowest BCUT2D eigenvalue weighted by Gasteiger charge is -2.24. The molecule has 8 heteroatoms. The number of nitriles is 1. The minimum absolute atomic E-state index is 0.00475. The molecule has 1 heterocycles. The number of halogens is 1. The molecule has 0 spiro atoms. The van der Waals surface area contributed by atoms with Crippen LogP contribution in [0.1, 0.15) is 17.5 Å². The van der Waals surface area contributed by atoms with Gasteiger partial charge in [0, 0.05) is 12.2 Å². The topological polar surface area (TPSA) is 79.0 Å². The number of rotatable bonds is 7. The number of aryl methyl sites for hydroxylation is 1. The number of anilines is 1. The van der Waals surface area contributed by atoms with Crippen LogP contribution in [0.4, 0.5) is 10.1 Å². The molecular formula is C27H23FN4O2S. The number of para-hydroxylation sites is 1. The number of amides is 1. The molecule has 35 heavy (non-hydrogen) atoms. The van der Waals surface area contributed by atoms with E-state index in [9.17, 15) is 14.0 Å². The first-order chi connectivity index (χ1) is 16.9. The van der Waals surface area contributed by atoms with E-state index in [1.165, 1.54) is 28.8 Å². The largest absolute Gasteiger partial charge is 0.310 e. The first-order valence-corrected chi connectivity index (χ1v) is 12.0. The summed E-state index contributed by atoms with van der Waals surface area (Å²) in [5, 5.41) is 9.88. The SMILES string of the molecule is Cc1cccc(N(CCC#N)C(=O)CSc2nc3ccccc3c(=O)n2-c2ccc(F)cc2)c1C. The molecule has 3 aromatic carbocycles. The number of hydrogen-bond donors (Lipinski definition) is 0. The molecule has 0 radical (unpaired) electrons. The third kappa shape index (κ3) is 5.10. The quantitative estimate of drug-likeness (QED) is 0.266. The molecule has 0 aliphatic rings. The van der Waals surface area contributed by atoms with Crippen molar-refractivity contribution in [3.63, 3.8) is 0 Å². The van der Waals surface area contributed by atoms with Gasteiger partial charge in [0.25, 0.3) is 5.56 Å². The van der Waals surface area contributed by atoms with Crippen molar-refractivity contribution >= 4 is 34.3 Å². The Morgan fingerprint density at radius 3 is 2.57 bits per heavy atom. The zero-order valence-corrected chi connectivity index (χ0v) is 20.2. The molecule has 4 rings (SSSR count). The van der Waals surface area contributed by atoms with Crippen LogP contribution in [0.2, 0.25) is 0 Å². The fourth-order valence-corrected chi connectivity index (χ4v) is 4.69. The van der Waals surface area contributed by atoms with E-state index in [2.05, 4.69) is 11.1 Å². The van der Waals surface area contributed by atoms with Gasteiger partial charge < -0.3 is 4.90 Å². The Morgan fingerprint density at radius 2 is 1.83 bits per heavy atom. The summed E-state index contributed by atoms with van der Waals surface area (Å²) in [5.41, 5.74) is 3.45. The van der Waals surface area contributed by atoms with Crippen molar-refractivity contribution in [3.05, 3.63) is 94.0 Å². The van der Waals surface area contributed by atoms with Crippen LogP contribution < -0.4 is 10.5 Å². The van der Waals surface area contributed by atoms with E-state index < -0.39 is 5.82 Å². The van der Waals surface area contributed by atoms with Crippen LogP contribution in [-0.2, 0) is 4.79 Å². The molecule has 0 atom stereocenters. The monoisotopic (exact) mass is 486 g/mol. The van der Waals surface area contributed by atoms with Crippen molar-refractivity contribution in [2.24, 2.45) is 0 Å². The lowest BCUT2D eigenvalue weighted by molar-refractivity contribution is -0.116. The van der Waals surface area contributed by atoms with E-state index in [-0.39, 0.29) is 30.2 Å². The van der Waals surface area contributed by atoms with E-state index in [1.54, 1.807) is 29.2 Å². The third-order valence-electron chi connectivity index (χ3n) is 5.77. The zero-order valence-electron chi connectivity index (χ0n) is 19.4. The molecule has 6 nitrogen and oxygen atoms in total. The van der Waals surface area contributed by atoms with Gasteiger partial charge in [-0.05, 0) is 67.4 Å². The Labute approximate surface area is 206 Å². The minimum Gasteiger partial charge on any atom is -0.310 e. The zero-order chi connectivity index (χ0) is 24.9. The molecular weight excluding hydrogens is 463 g/mol. The maximum atomic E-state index is 13.5. The molecule has 0 fully saturated rings. The van der Waals surface area contributed by atoms with Crippen LogP contribution in [-0.4, -0.2) is 27.8 Å². The van der Waals surface area contributed by atoms with Gasteiger partial charge in [0.2, 0.25) is 5.91 Å². The van der Waals surface area contributed by atoms with Crippen molar-refractivity contribution < 1.29 is 9.18 Å². The fourth-order valence-electron chi connectivity index (χ4n) is 3.80. The molecule has 0 bridgehead atoms. The Morgan fingerprint density at radius 1 is 1.09 bits per heavy atom. The molecule has 176 valence electrons. The average molecular weight is 487 g/mol. The second-order valence-electron chi connectivity index (χ2n) is 7.99. The highest BCUT2D eigenvalue weighted by Crippen LogP contribution is 2.26. The maximum absolute atomic E-state index is 13.5. The fraction of sp³-hybridized carbons (Fsp3) is 0.185. The van der Waals surface area contributed by atoms with Gasteiger partial charge in [0.05, 0.1) is 34.8 Å². The molecule has 0 N–H and O–H groups in total. The van der Waals surface area contributed by atoms with Gasteiger partial charge in [-0.25, -0.2) is 9.37 Å². The lowest BCUT2D eigenvalue weighted by Crippen LogP contribution is -2.34. The van der Waals surface area contributed by atoms with Gasteiger partial charge in [-0.3, -0.25) is 14.2 Å². The lowest BCUT2D eigenvalue weighted by atomic mass is 10.1. The third-order valence-corrected chi connectivity index (χ3v) is 6.69. The Balaban J connectivity index is 1.71. The number of hydrogen-bond acceptors (Lipinski definition) is 5. The van der Waals surface area contributed by atoms with Gasteiger partial charge in [0.1, 0.15) is 5.82 Å². The van der Waals surface area contributed by atoms with Gasteiger partial charge in [0.15, 0.2) is 5.16 Å². The van der Waals surface area contributed by atoms with Crippen LogP contribution in [0.15, 0.2) is 76.7 Å². The smallest absolute Gasteiger partial charge is 0.266 e. The van der Waals surface area contributed by atoms with E-state index in [0.717, 1.165) is 28.6 Å². The standard InChI is InChI=1S/C27H23FN4O2S/c1-18-7-5-10-24(19(18)2)31(16-6-15-29)25(33)17-35-27-30-23-9-4-3-8-22(23)26(34)32(27)21-13-11-20(28)12-14-21/h3-5,7-14H,6,16-17H2,1-2H3. The van der Waals surface area contributed by atoms with Crippen LogP contribution in [0.3, 0.4) is 0 Å². The first-order valence-electron chi connectivity index (χ1n) is 11.0. The number of carbonyl (C=O) groups is 1. The number of thioether (sulfide) groups is 1. The van der Waals surface area contributed by atoms with Crippen molar-refractivity contribution in [1.29, 1.82) is 5.26 Å². The predicted molar refractivity (Wildman–Crippen MR) is 137 cm³/mol. The molecule has 4 aromatic rings. The van der Waals surface area contributed by atoms with Gasteiger partial charge in [-0.2, -0.15) is 5.26 Å². The number of fused-ring (bicyclic) bond motifs is 1. The van der Waals surface area contributed by atoms with Crippen LogP contribution >= 0.6 is 11.8 Å². The molecule has 0 saturated heterocycles. The summed E-state index contributed by atoms with van der Waals surface area (Å²) < 4.78 is 14.9. The Bertz CT molecular complexity index is 1490. The van der Waals surface area contributed by atoms with Gasteiger partial charge >= 0.3 is 0 Å². The molecule has 1 amide bonds. The van der Waals surface area contributed by atoms with Gasteiger partial charge in [-0.15, -0.1) is 0 Å². The van der Waals surface area contributed by atoms with E-state index in [4.69, 9.17) is 5.26 Å². The highest BCUT2D eigenvalue weighted by molar-refractivity contribution is 7.99. The molecule has 0 aliphatic heterocycles. The molecule has 0 unspecified atom stereocenters.